The summed E-state index contributed by atoms with van der Waals surface area (Å²) in [4.78, 5) is 2.61. The maximum Gasteiger partial charge on any atom is 0.00479 e. The normalized spacial score (nSPS) is 25.6. The van der Waals surface area contributed by atoms with Crippen molar-refractivity contribution in [3.8, 4) is 0 Å². The number of hydrogen-bond donors (Lipinski definition) is 1. The molecule has 2 nitrogen and oxygen atoms in total. The molecule has 0 aromatic carbocycles. The summed E-state index contributed by atoms with van der Waals surface area (Å²) < 4.78 is 0. The van der Waals surface area contributed by atoms with Crippen LogP contribution in [0.1, 0.15) is 65.2 Å². The molecule has 0 bridgehead atoms. The third-order valence-corrected chi connectivity index (χ3v) is 4.21. The Kier molecular flexibility index (Phi) is 7.14. The summed E-state index contributed by atoms with van der Waals surface area (Å²) >= 11 is 0. The third-order valence-electron chi connectivity index (χ3n) is 4.21. The summed E-state index contributed by atoms with van der Waals surface area (Å²) in [7, 11) is 0. The van der Waals surface area contributed by atoms with E-state index in [1.165, 1.54) is 71.0 Å². The molecule has 1 aliphatic rings. The van der Waals surface area contributed by atoms with Crippen LogP contribution in [-0.4, -0.2) is 31.1 Å². The molecular weight excluding hydrogens is 208 g/mol. The lowest BCUT2D eigenvalue weighted by molar-refractivity contribution is 0.275. The maximum atomic E-state index is 5.83. The minimum Gasteiger partial charge on any atom is -0.330 e. The van der Waals surface area contributed by atoms with E-state index < -0.39 is 0 Å². The second kappa shape index (κ2) is 8.10. The topological polar surface area (TPSA) is 29.3 Å². The molecule has 0 amide bonds. The number of nitrogens with two attached hydrogens (primary N) is 1. The monoisotopic (exact) mass is 240 g/mol. The Morgan fingerprint density at radius 2 is 1.71 bits per heavy atom. The second-order valence-electron chi connectivity index (χ2n) is 6.16. The van der Waals surface area contributed by atoms with Crippen LogP contribution in [0.4, 0.5) is 0 Å². The van der Waals surface area contributed by atoms with Gasteiger partial charge in [-0.15, -0.1) is 0 Å². The van der Waals surface area contributed by atoms with E-state index >= 15 is 0 Å². The molecule has 0 aromatic heterocycles. The zero-order chi connectivity index (χ0) is 12.6. The summed E-state index contributed by atoms with van der Waals surface area (Å²) in [6, 6.07) is 0. The van der Waals surface area contributed by atoms with E-state index in [2.05, 4.69) is 18.7 Å². The highest BCUT2D eigenvalue weighted by molar-refractivity contribution is 4.86. The van der Waals surface area contributed by atoms with E-state index in [0.29, 0.717) is 5.41 Å². The van der Waals surface area contributed by atoms with Gasteiger partial charge in [0.05, 0.1) is 0 Å². The van der Waals surface area contributed by atoms with Crippen LogP contribution in [0.2, 0.25) is 0 Å². The first-order valence-electron chi connectivity index (χ1n) is 7.62. The number of rotatable bonds is 9. The maximum absolute atomic E-state index is 5.83. The van der Waals surface area contributed by atoms with Crippen LogP contribution in [0.25, 0.3) is 0 Å². The van der Waals surface area contributed by atoms with Crippen molar-refractivity contribution in [2.45, 2.75) is 65.2 Å². The van der Waals surface area contributed by atoms with Gasteiger partial charge in [0.1, 0.15) is 0 Å². The molecular formula is C15H32N2. The first-order valence-corrected chi connectivity index (χ1v) is 7.62. The highest BCUT2D eigenvalue weighted by Crippen LogP contribution is 2.28. The van der Waals surface area contributed by atoms with Crippen molar-refractivity contribution in [3.63, 3.8) is 0 Å². The van der Waals surface area contributed by atoms with Crippen LogP contribution in [0.5, 0.6) is 0 Å². The molecule has 2 N–H and O–H groups in total. The molecule has 0 radical (unpaired) electrons. The molecule has 2 heteroatoms. The largest absolute Gasteiger partial charge is 0.330 e. The summed E-state index contributed by atoms with van der Waals surface area (Å²) in [5.41, 5.74) is 6.23. The van der Waals surface area contributed by atoms with Crippen molar-refractivity contribution < 1.29 is 0 Å². The Morgan fingerprint density at radius 1 is 1.06 bits per heavy atom. The molecule has 1 fully saturated rings. The Hall–Kier alpha value is -0.0800. The smallest absolute Gasteiger partial charge is 0.00479 e. The molecule has 1 saturated heterocycles. The van der Waals surface area contributed by atoms with E-state index in [-0.39, 0.29) is 0 Å². The average Bonchev–Trinajstić information content (AvgIpc) is 2.71. The third kappa shape index (κ3) is 5.87. The van der Waals surface area contributed by atoms with Crippen LogP contribution in [0.3, 0.4) is 0 Å². The molecule has 1 rings (SSSR count). The molecule has 1 atom stereocenters. The van der Waals surface area contributed by atoms with Crippen LogP contribution in [0, 0.1) is 5.41 Å². The molecule has 102 valence electrons. The molecule has 1 aliphatic heterocycles. The molecule has 0 spiro atoms. The molecule has 17 heavy (non-hydrogen) atoms. The summed E-state index contributed by atoms with van der Waals surface area (Å²) in [6.07, 6.45) is 11.2. The van der Waals surface area contributed by atoms with Crippen LogP contribution in [-0.2, 0) is 0 Å². The number of hydrogen-bond acceptors (Lipinski definition) is 2. The fourth-order valence-electron chi connectivity index (χ4n) is 2.78. The van der Waals surface area contributed by atoms with Crippen molar-refractivity contribution in [2.75, 3.05) is 26.2 Å². The minimum absolute atomic E-state index is 0.404. The zero-order valence-corrected chi connectivity index (χ0v) is 12.0. The van der Waals surface area contributed by atoms with Crippen LogP contribution < -0.4 is 5.73 Å². The van der Waals surface area contributed by atoms with Gasteiger partial charge >= 0.3 is 0 Å². The van der Waals surface area contributed by atoms with Gasteiger partial charge in [0, 0.05) is 6.54 Å². The molecule has 0 aromatic rings. The minimum atomic E-state index is 0.404. The van der Waals surface area contributed by atoms with Gasteiger partial charge in [-0.05, 0) is 37.9 Å². The molecule has 0 aliphatic carbocycles. The quantitative estimate of drug-likeness (QED) is 0.626. The molecule has 1 heterocycles. The predicted octanol–water partition coefficient (Wildman–Crippen LogP) is 3.41. The Labute approximate surface area is 108 Å². The van der Waals surface area contributed by atoms with Crippen molar-refractivity contribution in [3.05, 3.63) is 0 Å². The summed E-state index contributed by atoms with van der Waals surface area (Å²) in [5, 5.41) is 0. The van der Waals surface area contributed by atoms with E-state index in [1.807, 2.05) is 0 Å². The molecule has 1 unspecified atom stereocenters. The first kappa shape index (κ1) is 15.0. The Morgan fingerprint density at radius 3 is 2.29 bits per heavy atom. The fraction of sp³-hybridized carbons (Fsp3) is 1.00. The lowest BCUT2D eigenvalue weighted by atomic mass is 9.90. The summed E-state index contributed by atoms with van der Waals surface area (Å²) in [6.45, 7) is 9.24. The fourth-order valence-corrected chi connectivity index (χ4v) is 2.78. The zero-order valence-electron chi connectivity index (χ0n) is 12.0. The van der Waals surface area contributed by atoms with Gasteiger partial charge in [-0.1, -0.05) is 52.4 Å². The lowest BCUT2D eigenvalue weighted by Crippen LogP contribution is -2.31. The standard InChI is InChI=1S/C15H32N2/c1-3-4-5-6-7-8-9-11-17-12-10-15(2,13-16)14-17/h3-14,16H2,1-2H3. The van der Waals surface area contributed by atoms with Crippen LogP contribution in [0.15, 0.2) is 0 Å². The van der Waals surface area contributed by atoms with Crippen molar-refractivity contribution >= 4 is 0 Å². The van der Waals surface area contributed by atoms with Gasteiger partial charge in [-0.25, -0.2) is 0 Å². The number of nitrogens with zero attached hydrogens (tertiary/aromatic N) is 1. The van der Waals surface area contributed by atoms with Crippen molar-refractivity contribution in [1.29, 1.82) is 0 Å². The van der Waals surface area contributed by atoms with Crippen molar-refractivity contribution in [1.82, 2.24) is 4.90 Å². The average molecular weight is 240 g/mol. The Bertz CT molecular complexity index is 193. The van der Waals surface area contributed by atoms with E-state index in [4.69, 9.17) is 5.73 Å². The van der Waals surface area contributed by atoms with Gasteiger partial charge in [0.2, 0.25) is 0 Å². The number of likely N-dealkylation sites (tertiary alicyclic amines) is 1. The van der Waals surface area contributed by atoms with Gasteiger partial charge in [-0.3, -0.25) is 0 Å². The first-order chi connectivity index (χ1) is 8.20. The van der Waals surface area contributed by atoms with Gasteiger partial charge in [0.15, 0.2) is 0 Å². The van der Waals surface area contributed by atoms with Crippen LogP contribution >= 0.6 is 0 Å². The van der Waals surface area contributed by atoms with Crippen molar-refractivity contribution in [2.24, 2.45) is 11.1 Å². The van der Waals surface area contributed by atoms with E-state index in [0.717, 1.165) is 6.54 Å². The highest BCUT2D eigenvalue weighted by atomic mass is 15.2. The number of unbranched alkanes of at least 4 members (excludes halogenated alkanes) is 6. The predicted molar refractivity (Wildman–Crippen MR) is 76.2 cm³/mol. The summed E-state index contributed by atoms with van der Waals surface area (Å²) in [5.74, 6) is 0. The van der Waals surface area contributed by atoms with Gasteiger partial charge in [-0.2, -0.15) is 0 Å². The highest BCUT2D eigenvalue weighted by Gasteiger charge is 2.31. The van der Waals surface area contributed by atoms with E-state index in [1.54, 1.807) is 0 Å². The van der Waals surface area contributed by atoms with E-state index in [9.17, 15) is 0 Å². The second-order valence-corrected chi connectivity index (χ2v) is 6.16. The molecule has 0 saturated carbocycles. The SMILES string of the molecule is CCCCCCCCCN1CCC(C)(CN)C1. The Balaban J connectivity index is 1.94. The lowest BCUT2D eigenvalue weighted by Gasteiger charge is -2.22. The van der Waals surface area contributed by atoms with Gasteiger partial charge in [0.25, 0.3) is 0 Å². The van der Waals surface area contributed by atoms with Gasteiger partial charge < -0.3 is 10.6 Å².